The van der Waals surface area contributed by atoms with Gasteiger partial charge in [0.2, 0.25) is 0 Å². The molecule has 22 heavy (non-hydrogen) atoms. The second kappa shape index (κ2) is 6.41. The molecule has 0 atom stereocenters. The standard InChI is InChI=1S/C14H13ClFNO4S/c1-20-13-6-4-10(8-11(13)15)22(18,19)17-12-7-9(16)3-5-14(12)21-2/h3-8,17H,1-2H3. The summed E-state index contributed by atoms with van der Waals surface area (Å²) in [6.45, 7) is 0. The highest BCUT2D eigenvalue weighted by atomic mass is 35.5. The van der Waals surface area contributed by atoms with E-state index in [1.165, 1.54) is 44.6 Å². The first-order valence-corrected chi connectivity index (χ1v) is 7.93. The highest BCUT2D eigenvalue weighted by molar-refractivity contribution is 7.92. The van der Waals surface area contributed by atoms with Gasteiger partial charge >= 0.3 is 0 Å². The fourth-order valence-corrected chi connectivity index (χ4v) is 3.19. The lowest BCUT2D eigenvalue weighted by atomic mass is 10.3. The van der Waals surface area contributed by atoms with Gasteiger partial charge in [0.1, 0.15) is 17.3 Å². The molecule has 0 aliphatic rings. The Balaban J connectivity index is 2.40. The molecule has 0 saturated carbocycles. The van der Waals surface area contributed by atoms with Gasteiger partial charge in [0.15, 0.2) is 0 Å². The number of benzene rings is 2. The van der Waals surface area contributed by atoms with Gasteiger partial charge in [0, 0.05) is 6.07 Å². The number of sulfonamides is 1. The quantitative estimate of drug-likeness (QED) is 0.903. The molecular formula is C14H13ClFNO4S. The molecule has 2 aromatic carbocycles. The molecule has 0 amide bonds. The van der Waals surface area contributed by atoms with Crippen LogP contribution in [-0.4, -0.2) is 22.6 Å². The maximum Gasteiger partial charge on any atom is 0.262 e. The number of rotatable bonds is 5. The van der Waals surface area contributed by atoms with Gasteiger partial charge in [0.25, 0.3) is 10.0 Å². The molecule has 2 rings (SSSR count). The third kappa shape index (κ3) is 3.42. The summed E-state index contributed by atoms with van der Waals surface area (Å²) in [5.74, 6) is -0.0419. The summed E-state index contributed by atoms with van der Waals surface area (Å²) in [7, 11) is -1.17. The number of methoxy groups -OCH3 is 2. The predicted molar refractivity (Wildman–Crippen MR) is 81.8 cm³/mol. The van der Waals surface area contributed by atoms with Crippen LogP contribution in [0.15, 0.2) is 41.3 Å². The van der Waals surface area contributed by atoms with Crippen LogP contribution in [0.5, 0.6) is 11.5 Å². The van der Waals surface area contributed by atoms with Gasteiger partial charge in [-0.15, -0.1) is 0 Å². The van der Waals surface area contributed by atoms with Crippen molar-refractivity contribution in [3.05, 3.63) is 47.2 Å². The largest absolute Gasteiger partial charge is 0.495 e. The molecule has 0 heterocycles. The van der Waals surface area contributed by atoms with E-state index in [0.717, 1.165) is 6.07 Å². The molecule has 0 aromatic heterocycles. The number of hydrogen-bond donors (Lipinski definition) is 1. The van der Waals surface area contributed by atoms with Gasteiger partial charge in [-0.25, -0.2) is 12.8 Å². The lowest BCUT2D eigenvalue weighted by molar-refractivity contribution is 0.414. The Bertz CT molecular complexity index is 795. The average Bonchev–Trinajstić information content (AvgIpc) is 2.47. The minimum atomic E-state index is -3.95. The molecular weight excluding hydrogens is 333 g/mol. The van der Waals surface area contributed by atoms with Crippen LogP contribution < -0.4 is 14.2 Å². The van der Waals surface area contributed by atoms with E-state index in [4.69, 9.17) is 21.1 Å². The first kappa shape index (κ1) is 16.4. The van der Waals surface area contributed by atoms with Gasteiger partial charge in [-0.05, 0) is 30.3 Å². The highest BCUT2D eigenvalue weighted by Gasteiger charge is 2.18. The molecule has 1 N–H and O–H groups in total. The summed E-state index contributed by atoms with van der Waals surface area (Å²) < 4.78 is 50.2. The van der Waals surface area contributed by atoms with Gasteiger partial charge < -0.3 is 9.47 Å². The van der Waals surface area contributed by atoms with Gasteiger partial charge in [-0.1, -0.05) is 11.6 Å². The zero-order chi connectivity index (χ0) is 16.3. The van der Waals surface area contributed by atoms with Crippen molar-refractivity contribution in [1.82, 2.24) is 0 Å². The minimum Gasteiger partial charge on any atom is -0.495 e. The van der Waals surface area contributed by atoms with Crippen LogP contribution in [0.2, 0.25) is 5.02 Å². The summed E-state index contributed by atoms with van der Waals surface area (Å²) in [4.78, 5) is -0.0791. The van der Waals surface area contributed by atoms with E-state index in [9.17, 15) is 12.8 Å². The van der Waals surface area contributed by atoms with Crippen LogP contribution in [0.3, 0.4) is 0 Å². The summed E-state index contributed by atoms with van der Waals surface area (Å²) in [5.41, 5.74) is -0.00515. The molecule has 5 nitrogen and oxygen atoms in total. The van der Waals surface area contributed by atoms with Crippen LogP contribution >= 0.6 is 11.6 Å². The fraction of sp³-hybridized carbons (Fsp3) is 0.143. The SMILES string of the molecule is COc1ccc(S(=O)(=O)Nc2cc(F)ccc2OC)cc1Cl. The van der Waals surface area contributed by atoms with Crippen LogP contribution in [-0.2, 0) is 10.0 Å². The number of ether oxygens (including phenoxy) is 2. The summed E-state index contributed by atoms with van der Waals surface area (Å²) in [5, 5.41) is 0.150. The first-order chi connectivity index (χ1) is 10.4. The molecule has 2 aromatic rings. The zero-order valence-electron chi connectivity index (χ0n) is 11.8. The van der Waals surface area contributed by atoms with Crippen molar-refractivity contribution in [3.8, 4) is 11.5 Å². The molecule has 0 radical (unpaired) electrons. The number of hydrogen-bond acceptors (Lipinski definition) is 4. The topological polar surface area (TPSA) is 64.6 Å². The van der Waals surface area contributed by atoms with Crippen molar-refractivity contribution in [1.29, 1.82) is 0 Å². The number of anilines is 1. The molecule has 0 aliphatic carbocycles. The summed E-state index contributed by atoms with van der Waals surface area (Å²) in [6, 6.07) is 7.53. The van der Waals surface area contributed by atoms with Crippen molar-refractivity contribution < 1.29 is 22.3 Å². The molecule has 0 bridgehead atoms. The second-order valence-electron chi connectivity index (χ2n) is 4.25. The maximum atomic E-state index is 13.3. The fourth-order valence-electron chi connectivity index (χ4n) is 1.78. The normalized spacial score (nSPS) is 11.1. The van der Waals surface area contributed by atoms with Gasteiger partial charge in [-0.3, -0.25) is 4.72 Å². The molecule has 0 saturated heterocycles. The third-order valence-corrected chi connectivity index (χ3v) is 4.50. The van der Waals surface area contributed by atoms with Crippen LogP contribution in [0, 0.1) is 5.82 Å². The van der Waals surface area contributed by atoms with Crippen molar-refractivity contribution in [2.24, 2.45) is 0 Å². The number of halogens is 2. The number of nitrogens with one attached hydrogen (secondary N) is 1. The molecule has 0 fully saturated rings. The monoisotopic (exact) mass is 345 g/mol. The van der Waals surface area contributed by atoms with E-state index in [2.05, 4.69) is 4.72 Å². The Morgan fingerprint density at radius 2 is 1.68 bits per heavy atom. The Morgan fingerprint density at radius 1 is 1.05 bits per heavy atom. The van der Waals surface area contributed by atoms with E-state index in [1.807, 2.05) is 0 Å². The Kier molecular flexibility index (Phi) is 4.77. The molecule has 8 heteroatoms. The summed E-state index contributed by atoms with van der Waals surface area (Å²) >= 11 is 5.92. The highest BCUT2D eigenvalue weighted by Crippen LogP contribution is 2.30. The van der Waals surface area contributed by atoms with E-state index >= 15 is 0 Å². The Labute approximate surface area is 132 Å². The van der Waals surface area contributed by atoms with Crippen LogP contribution in [0.1, 0.15) is 0 Å². The zero-order valence-corrected chi connectivity index (χ0v) is 13.3. The van der Waals surface area contributed by atoms with Gasteiger partial charge in [0.05, 0.1) is 29.8 Å². The maximum absolute atomic E-state index is 13.3. The molecule has 118 valence electrons. The van der Waals surface area contributed by atoms with E-state index in [0.29, 0.717) is 5.75 Å². The van der Waals surface area contributed by atoms with Crippen molar-refractivity contribution in [2.75, 3.05) is 18.9 Å². The van der Waals surface area contributed by atoms with Crippen molar-refractivity contribution >= 4 is 27.3 Å². The molecule has 0 spiro atoms. The van der Waals surface area contributed by atoms with E-state index < -0.39 is 15.8 Å². The third-order valence-electron chi connectivity index (χ3n) is 2.84. The van der Waals surface area contributed by atoms with Crippen LogP contribution in [0.4, 0.5) is 10.1 Å². The van der Waals surface area contributed by atoms with Crippen molar-refractivity contribution in [2.45, 2.75) is 4.90 Å². The molecule has 0 aliphatic heterocycles. The van der Waals surface area contributed by atoms with E-state index in [-0.39, 0.29) is 21.4 Å². The minimum absolute atomic E-state index is 0.00515. The summed E-state index contributed by atoms with van der Waals surface area (Å²) in [6.07, 6.45) is 0. The van der Waals surface area contributed by atoms with Gasteiger partial charge in [-0.2, -0.15) is 0 Å². The first-order valence-electron chi connectivity index (χ1n) is 6.07. The van der Waals surface area contributed by atoms with Crippen LogP contribution in [0.25, 0.3) is 0 Å². The molecule has 0 unspecified atom stereocenters. The Morgan fingerprint density at radius 3 is 2.27 bits per heavy atom. The lowest BCUT2D eigenvalue weighted by Gasteiger charge is -2.12. The van der Waals surface area contributed by atoms with Crippen molar-refractivity contribution in [3.63, 3.8) is 0 Å². The predicted octanol–water partition coefficient (Wildman–Crippen LogP) is 3.30. The van der Waals surface area contributed by atoms with E-state index in [1.54, 1.807) is 0 Å². The smallest absolute Gasteiger partial charge is 0.262 e. The lowest BCUT2D eigenvalue weighted by Crippen LogP contribution is -2.14. The average molecular weight is 346 g/mol. The Hall–Kier alpha value is -1.99. The second-order valence-corrected chi connectivity index (χ2v) is 6.34.